The molecular weight excluding hydrogens is 222 g/mol. The second kappa shape index (κ2) is 5.34. The highest BCUT2D eigenvalue weighted by atomic mass is 16.4. The molecule has 1 aromatic carbocycles. The van der Waals surface area contributed by atoms with Gasteiger partial charge in [0.25, 0.3) is 5.91 Å². The van der Waals surface area contributed by atoms with Gasteiger partial charge in [0.1, 0.15) is 11.8 Å². The van der Waals surface area contributed by atoms with Gasteiger partial charge >= 0.3 is 5.97 Å². The highest BCUT2D eigenvalue weighted by molar-refractivity contribution is 5.98. The van der Waals surface area contributed by atoms with E-state index in [4.69, 9.17) is 5.11 Å². The minimum Gasteiger partial charge on any atom is -0.507 e. The summed E-state index contributed by atoms with van der Waals surface area (Å²) >= 11 is 0. The number of rotatable bonds is 4. The number of aliphatic carboxylic acids is 1. The lowest BCUT2D eigenvalue weighted by Gasteiger charge is -2.13. The third kappa shape index (κ3) is 3.21. The molecule has 0 aromatic heterocycles. The van der Waals surface area contributed by atoms with Crippen LogP contribution in [0.15, 0.2) is 18.2 Å². The van der Waals surface area contributed by atoms with Crippen molar-refractivity contribution < 1.29 is 19.8 Å². The highest BCUT2D eigenvalue weighted by Crippen LogP contribution is 2.18. The van der Waals surface area contributed by atoms with Gasteiger partial charge in [0.15, 0.2) is 0 Å². The van der Waals surface area contributed by atoms with Crippen LogP contribution in [0, 0.1) is 6.92 Å². The van der Waals surface area contributed by atoms with Crippen LogP contribution in [0.5, 0.6) is 5.75 Å². The van der Waals surface area contributed by atoms with Crippen molar-refractivity contribution in [1.82, 2.24) is 5.32 Å². The molecule has 1 aromatic rings. The zero-order valence-corrected chi connectivity index (χ0v) is 9.73. The van der Waals surface area contributed by atoms with Crippen molar-refractivity contribution in [3.05, 3.63) is 29.3 Å². The van der Waals surface area contributed by atoms with Crippen molar-refractivity contribution in [2.24, 2.45) is 0 Å². The van der Waals surface area contributed by atoms with Crippen LogP contribution in [0.4, 0.5) is 0 Å². The Bertz CT molecular complexity index is 442. The van der Waals surface area contributed by atoms with Crippen LogP contribution in [0.1, 0.15) is 29.3 Å². The van der Waals surface area contributed by atoms with Crippen LogP contribution in [-0.4, -0.2) is 28.1 Å². The zero-order valence-electron chi connectivity index (χ0n) is 9.73. The molecule has 0 saturated heterocycles. The number of carbonyl (C=O) groups excluding carboxylic acids is 1. The lowest BCUT2D eigenvalue weighted by atomic mass is 10.1. The molecule has 92 valence electrons. The fourth-order valence-electron chi connectivity index (χ4n) is 1.41. The summed E-state index contributed by atoms with van der Waals surface area (Å²) in [5, 5.41) is 20.7. The van der Waals surface area contributed by atoms with E-state index < -0.39 is 17.9 Å². The molecule has 0 unspecified atom stereocenters. The number of hydrogen-bond donors (Lipinski definition) is 3. The second-order valence-corrected chi connectivity index (χ2v) is 3.79. The average molecular weight is 237 g/mol. The highest BCUT2D eigenvalue weighted by Gasteiger charge is 2.20. The van der Waals surface area contributed by atoms with Crippen LogP contribution >= 0.6 is 0 Å². The lowest BCUT2D eigenvalue weighted by Crippen LogP contribution is -2.40. The van der Waals surface area contributed by atoms with Gasteiger partial charge in [-0.1, -0.05) is 18.6 Å². The molecule has 0 aliphatic rings. The van der Waals surface area contributed by atoms with Gasteiger partial charge in [-0.3, -0.25) is 4.79 Å². The van der Waals surface area contributed by atoms with E-state index in [2.05, 4.69) is 5.32 Å². The van der Waals surface area contributed by atoms with Crippen molar-refractivity contribution in [1.29, 1.82) is 0 Å². The van der Waals surface area contributed by atoms with Crippen molar-refractivity contribution in [2.75, 3.05) is 0 Å². The first-order valence-corrected chi connectivity index (χ1v) is 5.29. The molecule has 1 amide bonds. The van der Waals surface area contributed by atoms with Gasteiger partial charge in [-0.15, -0.1) is 0 Å². The third-order valence-electron chi connectivity index (χ3n) is 2.41. The van der Waals surface area contributed by atoms with E-state index in [1.165, 1.54) is 12.1 Å². The third-order valence-corrected chi connectivity index (χ3v) is 2.41. The molecule has 5 nitrogen and oxygen atoms in total. The number of phenolic OH excluding ortho intramolecular Hbond substituents is 1. The minimum absolute atomic E-state index is 0.0877. The molecule has 0 fully saturated rings. The van der Waals surface area contributed by atoms with Crippen LogP contribution in [-0.2, 0) is 4.79 Å². The standard InChI is InChI=1S/C12H15NO4/c1-3-9(12(16)17)13-11(15)8-6-7(2)4-5-10(8)14/h4-6,9,14H,3H2,1-2H3,(H,13,15)(H,16,17)/t9-/m1/s1. The fourth-order valence-corrected chi connectivity index (χ4v) is 1.41. The molecule has 0 bridgehead atoms. The molecule has 0 aliphatic carbocycles. The van der Waals surface area contributed by atoms with Crippen LogP contribution in [0.2, 0.25) is 0 Å². The number of carboxylic acids is 1. The van der Waals surface area contributed by atoms with Gasteiger partial charge in [0.2, 0.25) is 0 Å². The van der Waals surface area contributed by atoms with Crippen LogP contribution < -0.4 is 5.32 Å². The molecule has 0 spiro atoms. The number of phenols is 1. The molecule has 0 heterocycles. The number of nitrogens with one attached hydrogen (secondary N) is 1. The molecule has 1 atom stereocenters. The smallest absolute Gasteiger partial charge is 0.326 e. The van der Waals surface area contributed by atoms with Crippen molar-refractivity contribution in [3.8, 4) is 5.75 Å². The molecule has 0 radical (unpaired) electrons. The molecule has 3 N–H and O–H groups in total. The van der Waals surface area contributed by atoms with E-state index >= 15 is 0 Å². The maximum Gasteiger partial charge on any atom is 0.326 e. The summed E-state index contributed by atoms with van der Waals surface area (Å²) in [6, 6.07) is 3.65. The average Bonchev–Trinajstić information content (AvgIpc) is 2.28. The van der Waals surface area contributed by atoms with Crippen molar-refractivity contribution >= 4 is 11.9 Å². The van der Waals surface area contributed by atoms with Gasteiger partial charge in [0, 0.05) is 0 Å². The summed E-state index contributed by atoms with van der Waals surface area (Å²) in [4.78, 5) is 22.5. The monoisotopic (exact) mass is 237 g/mol. The summed E-state index contributed by atoms with van der Waals surface area (Å²) in [7, 11) is 0. The number of hydrogen-bond acceptors (Lipinski definition) is 3. The number of benzene rings is 1. The Morgan fingerprint density at radius 3 is 2.59 bits per heavy atom. The van der Waals surface area contributed by atoms with Crippen molar-refractivity contribution in [3.63, 3.8) is 0 Å². The molecule has 17 heavy (non-hydrogen) atoms. The van der Waals surface area contributed by atoms with Crippen LogP contribution in [0.3, 0.4) is 0 Å². The van der Waals surface area contributed by atoms with Gasteiger partial charge in [0.05, 0.1) is 5.56 Å². The zero-order chi connectivity index (χ0) is 13.0. The number of aryl methyl sites for hydroxylation is 1. The molecule has 0 aliphatic heterocycles. The summed E-state index contributed by atoms with van der Waals surface area (Å²) in [6.07, 6.45) is 0.285. The first-order chi connectivity index (χ1) is 7.95. The summed E-state index contributed by atoms with van der Waals surface area (Å²) in [5.41, 5.74) is 0.904. The van der Waals surface area contributed by atoms with Gasteiger partial charge in [-0.2, -0.15) is 0 Å². The van der Waals surface area contributed by atoms with E-state index in [1.807, 2.05) is 0 Å². The van der Waals surface area contributed by atoms with E-state index in [0.717, 1.165) is 5.56 Å². The first-order valence-electron chi connectivity index (χ1n) is 5.29. The van der Waals surface area contributed by atoms with Crippen molar-refractivity contribution in [2.45, 2.75) is 26.3 Å². The second-order valence-electron chi connectivity index (χ2n) is 3.79. The van der Waals surface area contributed by atoms with E-state index in [-0.39, 0.29) is 17.7 Å². The number of amides is 1. The topological polar surface area (TPSA) is 86.6 Å². The molecule has 1 rings (SSSR count). The minimum atomic E-state index is -1.09. The Labute approximate surface area is 99.1 Å². The van der Waals surface area contributed by atoms with Crippen LogP contribution in [0.25, 0.3) is 0 Å². The first kappa shape index (κ1) is 13.0. The van der Waals surface area contributed by atoms with E-state index in [9.17, 15) is 14.7 Å². The number of carbonyl (C=O) groups is 2. The number of carboxylic acid groups (broad SMARTS) is 1. The SMILES string of the molecule is CC[C@@H](NC(=O)c1cc(C)ccc1O)C(=O)O. The van der Waals surface area contributed by atoms with Gasteiger partial charge < -0.3 is 15.5 Å². The Morgan fingerprint density at radius 1 is 1.41 bits per heavy atom. The predicted molar refractivity (Wildman–Crippen MR) is 62.0 cm³/mol. The Morgan fingerprint density at radius 2 is 2.06 bits per heavy atom. The van der Waals surface area contributed by atoms with E-state index in [1.54, 1.807) is 19.9 Å². The Kier molecular flexibility index (Phi) is 4.09. The van der Waals surface area contributed by atoms with Gasteiger partial charge in [-0.05, 0) is 25.5 Å². The predicted octanol–water partition coefficient (Wildman–Crippen LogP) is 1.29. The fraction of sp³-hybridized carbons (Fsp3) is 0.333. The quantitative estimate of drug-likeness (QED) is 0.736. The summed E-state index contributed by atoms with van der Waals surface area (Å²) < 4.78 is 0. The number of aromatic hydroxyl groups is 1. The Hall–Kier alpha value is -2.04. The maximum absolute atomic E-state index is 11.8. The summed E-state index contributed by atoms with van der Waals surface area (Å²) in [6.45, 7) is 3.44. The maximum atomic E-state index is 11.8. The normalized spacial score (nSPS) is 11.9. The lowest BCUT2D eigenvalue weighted by molar-refractivity contribution is -0.139. The van der Waals surface area contributed by atoms with Gasteiger partial charge in [-0.25, -0.2) is 4.79 Å². The molecule has 0 saturated carbocycles. The Balaban J connectivity index is 2.89. The molecular formula is C12H15NO4. The summed E-state index contributed by atoms with van der Waals surface area (Å²) in [5.74, 6) is -1.83. The largest absolute Gasteiger partial charge is 0.507 e. The molecule has 5 heteroatoms. The van der Waals surface area contributed by atoms with E-state index in [0.29, 0.717) is 0 Å².